The molecule has 2 unspecified atom stereocenters. The summed E-state index contributed by atoms with van der Waals surface area (Å²) >= 11 is 4.76. The number of halogens is 2. The highest BCUT2D eigenvalue weighted by Gasteiger charge is 2.27. The minimum atomic E-state index is -0.647. The molecule has 0 bridgehead atoms. The fourth-order valence-electron chi connectivity index (χ4n) is 4.75. The van der Waals surface area contributed by atoms with Crippen LogP contribution in [0.5, 0.6) is 23.0 Å². The second kappa shape index (κ2) is 13.3. The Morgan fingerprint density at radius 3 is 1.57 bits per heavy atom. The van der Waals surface area contributed by atoms with Gasteiger partial charge >= 0.3 is 0 Å². The van der Waals surface area contributed by atoms with Gasteiger partial charge in [-0.05, 0) is 113 Å². The van der Waals surface area contributed by atoms with E-state index in [1.807, 2.05) is 45.9 Å². The van der Waals surface area contributed by atoms with E-state index >= 15 is 0 Å². The van der Waals surface area contributed by atoms with Crippen LogP contribution in [0.3, 0.4) is 0 Å². The van der Waals surface area contributed by atoms with E-state index in [4.69, 9.17) is 23.7 Å². The minimum absolute atomic E-state index is 0.406. The molecule has 5 rings (SSSR count). The van der Waals surface area contributed by atoms with Crippen molar-refractivity contribution in [3.05, 3.63) is 86.0 Å². The first-order valence-corrected chi connectivity index (χ1v) is 16.7. The average molecular weight is 782 g/mol. The molecule has 0 aliphatic carbocycles. The molecule has 0 radical (unpaired) electrons. The number of benzene rings is 4. The fraction of sp³-hybridized carbons (Fsp3) is 0.250. The quantitative estimate of drug-likeness (QED) is 0.0822. The zero-order valence-corrected chi connectivity index (χ0v) is 28.0. The zero-order valence-electron chi connectivity index (χ0n) is 22.8. The lowest BCUT2D eigenvalue weighted by molar-refractivity contribution is -0.0650. The molecule has 0 fully saturated rings. The van der Waals surface area contributed by atoms with Crippen molar-refractivity contribution in [3.8, 4) is 34.1 Å². The summed E-state index contributed by atoms with van der Waals surface area (Å²) in [5.41, 5.74) is 2.67. The molecule has 4 aromatic rings. The van der Waals surface area contributed by atoms with Gasteiger partial charge in [0.15, 0.2) is 18.3 Å². The molecular weight excluding hydrogens is 750 g/mol. The van der Waals surface area contributed by atoms with Crippen molar-refractivity contribution in [1.82, 2.24) is 0 Å². The van der Waals surface area contributed by atoms with E-state index < -0.39 is 23.5 Å². The summed E-state index contributed by atoms with van der Waals surface area (Å²) in [5, 5.41) is 0. The minimum Gasteiger partial charge on any atom is -0.465 e. The van der Waals surface area contributed by atoms with Gasteiger partial charge in [-0.1, -0.05) is 36.4 Å². The van der Waals surface area contributed by atoms with Crippen LogP contribution in [0, 0.1) is 7.14 Å². The van der Waals surface area contributed by atoms with E-state index in [9.17, 15) is 0 Å². The first-order chi connectivity index (χ1) is 19.4. The molecule has 210 valence electrons. The summed E-state index contributed by atoms with van der Waals surface area (Å²) in [6, 6.07) is 27.6. The van der Waals surface area contributed by atoms with Gasteiger partial charge in [-0.25, -0.2) is 0 Å². The second-order valence-electron chi connectivity index (χ2n) is 9.13. The summed E-state index contributed by atoms with van der Waals surface area (Å²) in [6.07, 6.45) is -0.812. The lowest BCUT2D eigenvalue weighted by atomic mass is 10.1. The van der Waals surface area contributed by atoms with Crippen molar-refractivity contribution >= 4 is 56.1 Å². The molecule has 0 saturated heterocycles. The van der Waals surface area contributed by atoms with Crippen molar-refractivity contribution in [1.29, 1.82) is 0 Å². The van der Waals surface area contributed by atoms with Crippen LogP contribution in [0.25, 0.3) is 11.1 Å². The topological polar surface area (TPSA) is 46.2 Å². The lowest BCUT2D eigenvalue weighted by Crippen LogP contribution is -2.17. The number of hydrogen-bond acceptors (Lipinski definition) is 5. The van der Waals surface area contributed by atoms with Crippen LogP contribution in [-0.4, -0.2) is 25.8 Å². The van der Waals surface area contributed by atoms with Crippen molar-refractivity contribution in [2.75, 3.05) is 13.2 Å². The van der Waals surface area contributed by atoms with Gasteiger partial charge in [0.2, 0.25) is 0 Å². The smallest absolute Gasteiger partial charge is 0.196 e. The predicted molar refractivity (Wildman–Crippen MR) is 177 cm³/mol. The van der Waals surface area contributed by atoms with Crippen LogP contribution in [-0.2, 0) is 9.47 Å². The Labute approximate surface area is 266 Å². The molecule has 2 atom stereocenters. The summed E-state index contributed by atoms with van der Waals surface area (Å²) < 4.78 is 31.8. The molecular formula is C32H32I2O5S. The number of hydrogen-bond donors (Lipinski definition) is 1. The van der Waals surface area contributed by atoms with Gasteiger partial charge in [0.25, 0.3) is 0 Å². The zero-order chi connectivity index (χ0) is 28.2. The molecule has 1 aliphatic heterocycles. The highest BCUT2D eigenvalue weighted by molar-refractivity contribution is 14.1. The first kappa shape index (κ1) is 29.5. The fourth-order valence-corrected chi connectivity index (χ4v) is 9.91. The Bertz CT molecular complexity index is 1390. The van der Waals surface area contributed by atoms with E-state index in [0.717, 1.165) is 12.9 Å². The van der Waals surface area contributed by atoms with Gasteiger partial charge in [0.05, 0.1) is 7.14 Å². The Hall–Kier alpha value is -1.99. The van der Waals surface area contributed by atoms with Crippen molar-refractivity contribution in [2.45, 2.75) is 55.0 Å². The second-order valence-corrected chi connectivity index (χ2v) is 13.6. The van der Waals surface area contributed by atoms with Crippen LogP contribution < -0.4 is 14.2 Å². The third kappa shape index (κ3) is 6.56. The molecule has 8 heteroatoms. The van der Waals surface area contributed by atoms with Crippen LogP contribution in [0.15, 0.2) is 93.5 Å². The largest absolute Gasteiger partial charge is 0.465 e. The molecule has 5 nitrogen and oxygen atoms in total. The third-order valence-corrected chi connectivity index (χ3v) is 10.4. The SMILES string of the molecule is CCOC(C)Oc1cc(Oc2c(I)cc([SH]3c4ccccc4-c4ccccc43)cc2I)cc(OC(C)OCC)c1. The Kier molecular flexibility index (Phi) is 9.83. The standard InChI is InChI=1S/C32H32I2O5S/c1-5-35-20(3)37-22-15-23(38-21(4)36-6-2)17-24(16-22)39-32-28(33)18-25(19-29(32)34)40-30-13-9-7-11-26(30)27-12-8-10-14-31(27)40/h7-21,40H,5-6H2,1-4H3. The van der Waals surface area contributed by atoms with Gasteiger partial charge < -0.3 is 23.7 Å². The van der Waals surface area contributed by atoms with Gasteiger partial charge in [-0.15, -0.1) is 0 Å². The van der Waals surface area contributed by atoms with E-state index in [1.165, 1.54) is 25.8 Å². The highest BCUT2D eigenvalue weighted by Crippen LogP contribution is 2.62. The van der Waals surface area contributed by atoms with E-state index in [0.29, 0.717) is 30.5 Å². The van der Waals surface area contributed by atoms with Crippen LogP contribution in [0.4, 0.5) is 0 Å². The van der Waals surface area contributed by atoms with Crippen LogP contribution in [0.2, 0.25) is 0 Å². The predicted octanol–water partition coefficient (Wildman–Crippen LogP) is 9.67. The summed E-state index contributed by atoms with van der Waals surface area (Å²) in [7, 11) is -0.647. The molecule has 0 saturated carbocycles. The number of ether oxygens (including phenoxy) is 5. The van der Waals surface area contributed by atoms with Gasteiger partial charge in [0.1, 0.15) is 17.2 Å². The molecule has 0 N–H and O–H groups in total. The van der Waals surface area contributed by atoms with Gasteiger partial charge in [-0.2, -0.15) is 10.9 Å². The summed E-state index contributed by atoms with van der Waals surface area (Å²) in [4.78, 5) is 4.11. The lowest BCUT2D eigenvalue weighted by Gasteiger charge is -2.22. The molecule has 1 heterocycles. The Balaban J connectivity index is 1.47. The monoisotopic (exact) mass is 782 g/mol. The maximum atomic E-state index is 6.51. The van der Waals surface area contributed by atoms with Crippen molar-refractivity contribution in [3.63, 3.8) is 0 Å². The average Bonchev–Trinajstić information content (AvgIpc) is 3.25. The Morgan fingerprint density at radius 1 is 0.650 bits per heavy atom. The molecule has 0 spiro atoms. The third-order valence-electron chi connectivity index (χ3n) is 6.30. The number of rotatable bonds is 11. The Morgan fingerprint density at radius 2 is 1.10 bits per heavy atom. The highest BCUT2D eigenvalue weighted by atomic mass is 127. The van der Waals surface area contributed by atoms with E-state index in [-0.39, 0.29) is 0 Å². The molecule has 0 aromatic heterocycles. The summed E-state index contributed by atoms with van der Waals surface area (Å²) in [5.74, 6) is 2.62. The maximum Gasteiger partial charge on any atom is 0.196 e. The molecule has 4 aromatic carbocycles. The normalized spacial score (nSPS) is 14.3. The van der Waals surface area contributed by atoms with Gasteiger partial charge in [-0.3, -0.25) is 0 Å². The number of thiol groups is 1. The van der Waals surface area contributed by atoms with E-state index in [1.54, 1.807) is 0 Å². The van der Waals surface area contributed by atoms with Crippen LogP contribution in [0.1, 0.15) is 27.7 Å². The van der Waals surface area contributed by atoms with E-state index in [2.05, 4.69) is 106 Å². The molecule has 0 amide bonds. The maximum absolute atomic E-state index is 6.51. The molecule has 1 aliphatic rings. The summed E-state index contributed by atoms with van der Waals surface area (Å²) in [6.45, 7) is 8.73. The van der Waals surface area contributed by atoms with Crippen molar-refractivity contribution < 1.29 is 23.7 Å². The van der Waals surface area contributed by atoms with Gasteiger partial charge in [0, 0.05) is 41.2 Å². The van der Waals surface area contributed by atoms with Crippen LogP contribution >= 0.6 is 56.1 Å². The molecule has 40 heavy (non-hydrogen) atoms. The van der Waals surface area contributed by atoms with Crippen molar-refractivity contribution in [2.24, 2.45) is 0 Å². The first-order valence-electron chi connectivity index (χ1n) is 13.2. The number of fused-ring (bicyclic) bond motifs is 3.